The van der Waals surface area contributed by atoms with Gasteiger partial charge in [0.25, 0.3) is 0 Å². The molecule has 67 heavy (non-hydrogen) atoms. The highest BCUT2D eigenvalue weighted by molar-refractivity contribution is 6.01. The second-order valence-corrected chi connectivity index (χ2v) is 18.8. The third kappa shape index (κ3) is 10.5. The molecular formula is C54H61N7O6. The zero-order chi connectivity index (χ0) is 46.3. The number of benzene rings is 4. The first-order chi connectivity index (χ1) is 32.7. The molecular weight excluding hydrogens is 843 g/mol. The van der Waals surface area contributed by atoms with Crippen LogP contribution in [0, 0.1) is 11.8 Å². The minimum Gasteiger partial charge on any atom is -0.355 e. The summed E-state index contributed by atoms with van der Waals surface area (Å²) in [6.07, 6.45) is 12.0. The average molecular weight is 904 g/mol. The molecule has 2 saturated heterocycles. The molecule has 5 N–H and O–H groups in total. The fourth-order valence-electron chi connectivity index (χ4n) is 10.6. The second-order valence-electron chi connectivity index (χ2n) is 18.8. The van der Waals surface area contributed by atoms with Gasteiger partial charge in [-0.3, -0.25) is 28.8 Å². The van der Waals surface area contributed by atoms with Crippen molar-refractivity contribution in [2.45, 2.75) is 114 Å². The lowest BCUT2D eigenvalue weighted by Gasteiger charge is -2.30. The van der Waals surface area contributed by atoms with E-state index in [1.807, 2.05) is 109 Å². The normalized spacial score (nSPS) is 19.9. The maximum absolute atomic E-state index is 14.2. The lowest BCUT2D eigenvalue weighted by molar-refractivity contribution is -0.141. The van der Waals surface area contributed by atoms with Crippen LogP contribution in [0.15, 0.2) is 109 Å². The SMILES string of the molecule is O=C(N[C@H](C(=O)N1CCC[C@H]1C(=O)Nc1ccc2[nH]c(-c3ccc(NC(=O)[C@@H]4CCCN4C(=O)[C@H](NC(=O)C4CCCCC4)c4ccccc4)cc3)cc2c1)c1ccccc1)C1CCCCC1. The van der Waals surface area contributed by atoms with Gasteiger partial charge in [-0.25, -0.2) is 0 Å². The van der Waals surface area contributed by atoms with Crippen molar-refractivity contribution in [2.24, 2.45) is 11.8 Å². The third-order valence-electron chi connectivity index (χ3n) is 14.3. The van der Waals surface area contributed by atoms with Gasteiger partial charge in [0.05, 0.1) is 0 Å². The van der Waals surface area contributed by atoms with Crippen LogP contribution in [0.4, 0.5) is 11.4 Å². The van der Waals surface area contributed by atoms with Gasteiger partial charge in [-0.15, -0.1) is 0 Å². The summed E-state index contributed by atoms with van der Waals surface area (Å²) < 4.78 is 0. The van der Waals surface area contributed by atoms with E-state index in [0.717, 1.165) is 86.4 Å². The summed E-state index contributed by atoms with van der Waals surface area (Å²) in [7, 11) is 0. The zero-order valence-electron chi connectivity index (χ0n) is 38.0. The average Bonchev–Trinajstić information content (AvgIpc) is 4.17. The predicted molar refractivity (Wildman–Crippen MR) is 258 cm³/mol. The van der Waals surface area contributed by atoms with Crippen molar-refractivity contribution in [3.8, 4) is 11.3 Å². The Bertz CT molecular complexity index is 2570. The first kappa shape index (κ1) is 45.4. The van der Waals surface area contributed by atoms with E-state index < -0.39 is 24.2 Å². The van der Waals surface area contributed by atoms with Crippen molar-refractivity contribution in [1.82, 2.24) is 25.4 Å². The Kier molecular flexibility index (Phi) is 14.1. The lowest BCUT2D eigenvalue weighted by atomic mass is 9.88. The summed E-state index contributed by atoms with van der Waals surface area (Å²) in [4.78, 5) is 89.6. The molecule has 9 rings (SSSR count). The largest absolute Gasteiger partial charge is 0.355 e. The maximum Gasteiger partial charge on any atom is 0.250 e. The van der Waals surface area contributed by atoms with Gasteiger partial charge < -0.3 is 36.1 Å². The molecule has 1 aromatic heterocycles. The number of carbonyl (C=O) groups is 6. The monoisotopic (exact) mass is 903 g/mol. The fourth-order valence-corrected chi connectivity index (χ4v) is 10.6. The highest BCUT2D eigenvalue weighted by atomic mass is 16.2. The van der Waals surface area contributed by atoms with Gasteiger partial charge in [0.15, 0.2) is 0 Å². The standard InChI is InChI=1S/C54H61N7O6/c62-49(38-19-9-3-10-20-38)58-47(36-15-5-1-6-16-36)53(66)60-31-13-23-45(60)51(64)55-41-27-25-35(26-28-41)44-34-40-33-42(29-30-43(40)57-44)56-52(65)46-24-14-32-61(46)54(67)48(37-17-7-2-8-18-37)59-50(63)39-21-11-4-12-22-39/h1-2,5-8,15-18,25-30,33-34,38-39,45-48,57H,3-4,9-14,19-24,31-32H2,(H,55,64)(H,56,65)(H,58,62)(H,59,63)/t45-,46-,47+,48-/m0/s1. The van der Waals surface area contributed by atoms with Crippen LogP contribution in [0.3, 0.4) is 0 Å². The van der Waals surface area contributed by atoms with Crippen molar-refractivity contribution in [3.63, 3.8) is 0 Å². The smallest absolute Gasteiger partial charge is 0.250 e. The molecule has 3 heterocycles. The van der Waals surface area contributed by atoms with Crippen LogP contribution in [-0.4, -0.2) is 75.4 Å². The number of fused-ring (bicyclic) bond motifs is 1. The maximum atomic E-state index is 14.2. The Morgan fingerprint density at radius 1 is 0.478 bits per heavy atom. The summed E-state index contributed by atoms with van der Waals surface area (Å²) in [6.45, 7) is 0.858. The van der Waals surface area contributed by atoms with Gasteiger partial charge in [0.1, 0.15) is 24.2 Å². The summed E-state index contributed by atoms with van der Waals surface area (Å²) in [5, 5.41) is 13.1. The molecule has 4 aliphatic rings. The van der Waals surface area contributed by atoms with Gasteiger partial charge in [-0.2, -0.15) is 0 Å². The summed E-state index contributed by atoms with van der Waals surface area (Å²) in [6, 6.07) is 30.6. The van der Waals surface area contributed by atoms with Crippen molar-refractivity contribution in [3.05, 3.63) is 120 Å². The fraction of sp³-hybridized carbons (Fsp3) is 0.407. The summed E-state index contributed by atoms with van der Waals surface area (Å²) in [5.41, 5.74) is 5.21. The highest BCUT2D eigenvalue weighted by Gasteiger charge is 2.41. The number of nitrogens with zero attached hydrogens (tertiary/aromatic N) is 2. The van der Waals surface area contributed by atoms with E-state index in [9.17, 15) is 28.8 Å². The zero-order valence-corrected chi connectivity index (χ0v) is 38.0. The molecule has 5 aromatic rings. The van der Waals surface area contributed by atoms with Gasteiger partial charge >= 0.3 is 0 Å². The Hall–Kier alpha value is -6.76. The van der Waals surface area contributed by atoms with E-state index in [0.29, 0.717) is 61.3 Å². The third-order valence-corrected chi connectivity index (χ3v) is 14.3. The number of likely N-dealkylation sites (tertiary alicyclic amines) is 2. The van der Waals surface area contributed by atoms with Crippen molar-refractivity contribution in [1.29, 1.82) is 0 Å². The molecule has 0 unspecified atom stereocenters. The number of aromatic nitrogens is 1. The molecule has 0 spiro atoms. The molecule has 4 atom stereocenters. The Labute approximate surface area is 391 Å². The van der Waals surface area contributed by atoms with Crippen molar-refractivity contribution in [2.75, 3.05) is 23.7 Å². The minimum atomic E-state index is -0.873. The van der Waals surface area contributed by atoms with Crippen LogP contribution in [0.2, 0.25) is 0 Å². The Morgan fingerprint density at radius 3 is 1.43 bits per heavy atom. The van der Waals surface area contributed by atoms with Gasteiger partial charge in [0, 0.05) is 52.9 Å². The van der Waals surface area contributed by atoms with Crippen molar-refractivity contribution >= 4 is 57.7 Å². The number of anilines is 2. The number of carbonyl (C=O) groups excluding carboxylic acids is 6. The van der Waals surface area contributed by atoms with Crippen LogP contribution in [0.5, 0.6) is 0 Å². The van der Waals surface area contributed by atoms with Gasteiger partial charge in [-0.05, 0) is 104 Å². The van der Waals surface area contributed by atoms with Crippen LogP contribution in [0.25, 0.3) is 22.2 Å². The lowest BCUT2D eigenvalue weighted by Crippen LogP contribution is -2.49. The molecule has 0 bridgehead atoms. The number of aromatic amines is 1. The molecule has 348 valence electrons. The molecule has 2 aliphatic heterocycles. The number of H-pyrrole nitrogens is 1. The van der Waals surface area contributed by atoms with E-state index in [2.05, 4.69) is 26.3 Å². The number of hydrogen-bond donors (Lipinski definition) is 5. The molecule has 2 saturated carbocycles. The Morgan fingerprint density at radius 2 is 0.940 bits per heavy atom. The van der Waals surface area contributed by atoms with E-state index in [4.69, 9.17) is 0 Å². The quantitative estimate of drug-likeness (QED) is 0.0792. The number of nitrogens with one attached hydrogen (secondary N) is 5. The topological polar surface area (TPSA) is 173 Å². The minimum absolute atomic E-state index is 0.101. The van der Waals surface area contributed by atoms with E-state index in [1.165, 1.54) is 0 Å². The highest BCUT2D eigenvalue weighted by Crippen LogP contribution is 2.32. The number of rotatable bonds is 13. The summed E-state index contributed by atoms with van der Waals surface area (Å²) in [5.74, 6) is -1.51. The number of amides is 6. The molecule has 13 nitrogen and oxygen atoms in total. The van der Waals surface area contributed by atoms with Crippen LogP contribution < -0.4 is 21.3 Å². The number of hydrogen-bond acceptors (Lipinski definition) is 6. The van der Waals surface area contributed by atoms with Gasteiger partial charge in [0.2, 0.25) is 35.4 Å². The second kappa shape index (κ2) is 20.8. The van der Waals surface area contributed by atoms with E-state index in [1.54, 1.807) is 9.80 Å². The van der Waals surface area contributed by atoms with E-state index >= 15 is 0 Å². The van der Waals surface area contributed by atoms with Crippen molar-refractivity contribution < 1.29 is 28.8 Å². The van der Waals surface area contributed by atoms with E-state index in [-0.39, 0.29) is 47.3 Å². The molecule has 0 radical (unpaired) electrons. The van der Waals surface area contributed by atoms with Crippen LogP contribution in [-0.2, 0) is 28.8 Å². The first-order valence-electron chi connectivity index (χ1n) is 24.4. The molecule has 2 aliphatic carbocycles. The van der Waals surface area contributed by atoms with Crippen LogP contribution >= 0.6 is 0 Å². The molecule has 4 aromatic carbocycles. The Balaban J connectivity index is 0.829. The van der Waals surface area contributed by atoms with Gasteiger partial charge in [-0.1, -0.05) is 111 Å². The first-order valence-corrected chi connectivity index (χ1v) is 24.4. The van der Waals surface area contributed by atoms with Crippen LogP contribution in [0.1, 0.15) is 113 Å². The molecule has 13 heteroatoms. The molecule has 6 amide bonds. The molecule has 4 fully saturated rings. The predicted octanol–water partition coefficient (Wildman–Crippen LogP) is 8.57. The summed E-state index contributed by atoms with van der Waals surface area (Å²) >= 11 is 0.